The van der Waals surface area contributed by atoms with Crippen molar-refractivity contribution in [3.63, 3.8) is 0 Å². The number of hydrogen-bond acceptors (Lipinski definition) is 5. The van der Waals surface area contributed by atoms with Gasteiger partial charge in [0.1, 0.15) is 0 Å². The molecule has 0 spiro atoms. The van der Waals surface area contributed by atoms with Gasteiger partial charge in [-0.2, -0.15) is 0 Å². The number of piperidine rings is 1. The van der Waals surface area contributed by atoms with Crippen molar-refractivity contribution in [2.24, 2.45) is 7.05 Å². The molecule has 2 aromatic rings. The fraction of sp³-hybridized carbons (Fsp3) is 0.500. The molecule has 0 bridgehead atoms. The number of benzene rings is 1. The molecule has 1 aliphatic heterocycles. The van der Waals surface area contributed by atoms with Crippen LogP contribution in [0.15, 0.2) is 29.1 Å². The van der Waals surface area contributed by atoms with E-state index in [1.54, 1.807) is 24.7 Å². The van der Waals surface area contributed by atoms with Crippen LogP contribution in [0.25, 0.3) is 10.9 Å². The fourth-order valence-electron chi connectivity index (χ4n) is 3.19. The molecule has 1 fully saturated rings. The van der Waals surface area contributed by atoms with Crippen molar-refractivity contribution in [3.05, 3.63) is 34.6 Å². The molecule has 1 aromatic heterocycles. The third-order valence-corrected chi connectivity index (χ3v) is 6.09. The lowest BCUT2D eigenvalue weighted by Gasteiger charge is -2.36. The zero-order chi connectivity index (χ0) is 17.5. The number of sulfonamides is 1. The van der Waals surface area contributed by atoms with E-state index in [9.17, 15) is 13.2 Å². The quantitative estimate of drug-likeness (QED) is 0.818. The van der Waals surface area contributed by atoms with Crippen molar-refractivity contribution < 1.29 is 8.42 Å². The van der Waals surface area contributed by atoms with Gasteiger partial charge in [0, 0.05) is 33.2 Å². The van der Waals surface area contributed by atoms with Gasteiger partial charge in [-0.25, -0.2) is 17.7 Å². The highest BCUT2D eigenvalue weighted by Crippen LogP contribution is 2.22. The lowest BCUT2D eigenvalue weighted by atomic mass is 10.1. The zero-order valence-electron chi connectivity index (χ0n) is 14.1. The van der Waals surface area contributed by atoms with E-state index >= 15 is 0 Å². The summed E-state index contributed by atoms with van der Waals surface area (Å²) in [5.74, 6) is 0.638. The average molecular weight is 350 g/mol. The smallest absolute Gasteiger partial charge is 0.262 e. The lowest BCUT2D eigenvalue weighted by Crippen LogP contribution is -2.46. The molecule has 2 heterocycles. The number of hydrogen-bond donors (Lipinski definition) is 0. The Hall–Kier alpha value is -1.93. The van der Waals surface area contributed by atoms with E-state index in [2.05, 4.69) is 9.88 Å². The van der Waals surface area contributed by atoms with Crippen LogP contribution in [0.4, 0.5) is 5.95 Å². The molecule has 1 saturated heterocycles. The Morgan fingerprint density at radius 2 is 1.83 bits per heavy atom. The van der Waals surface area contributed by atoms with Crippen LogP contribution in [-0.4, -0.2) is 54.7 Å². The first-order valence-electron chi connectivity index (χ1n) is 7.93. The Kier molecular flexibility index (Phi) is 4.35. The minimum atomic E-state index is -3.18. The van der Waals surface area contributed by atoms with E-state index in [0.29, 0.717) is 42.8 Å². The molecule has 0 atom stereocenters. The predicted octanol–water partition coefficient (Wildman–Crippen LogP) is 0.794. The molecular formula is C16H22N4O3S. The minimum Gasteiger partial charge on any atom is -0.342 e. The maximum Gasteiger partial charge on any atom is 0.262 e. The molecular weight excluding hydrogens is 328 g/mol. The standard InChI is InChI=1S/C16H22N4O3S/c1-18-15(21)13-6-4-5-7-14(13)17-16(18)20-10-8-12(9-11-20)19(2)24(3,22)23/h4-7,12H,8-11H2,1-3H3. The normalized spacial score (nSPS) is 16.9. The summed E-state index contributed by atoms with van der Waals surface area (Å²) in [6.45, 7) is 1.34. The highest BCUT2D eigenvalue weighted by molar-refractivity contribution is 7.88. The van der Waals surface area contributed by atoms with Gasteiger partial charge in [-0.05, 0) is 25.0 Å². The fourth-order valence-corrected chi connectivity index (χ4v) is 3.94. The molecule has 3 rings (SSSR count). The summed E-state index contributed by atoms with van der Waals surface area (Å²) >= 11 is 0. The van der Waals surface area contributed by atoms with Crippen LogP contribution in [0.1, 0.15) is 12.8 Å². The average Bonchev–Trinajstić information content (AvgIpc) is 2.57. The van der Waals surface area contributed by atoms with E-state index in [1.165, 1.54) is 10.6 Å². The van der Waals surface area contributed by atoms with E-state index in [4.69, 9.17) is 0 Å². The molecule has 0 aliphatic carbocycles. The molecule has 24 heavy (non-hydrogen) atoms. The molecule has 0 saturated carbocycles. The molecule has 7 nitrogen and oxygen atoms in total. The number of anilines is 1. The lowest BCUT2D eigenvalue weighted by molar-refractivity contribution is 0.312. The van der Waals surface area contributed by atoms with Crippen LogP contribution >= 0.6 is 0 Å². The van der Waals surface area contributed by atoms with Gasteiger partial charge in [-0.1, -0.05) is 12.1 Å². The van der Waals surface area contributed by atoms with Crippen LogP contribution < -0.4 is 10.5 Å². The maximum atomic E-state index is 12.5. The summed E-state index contributed by atoms with van der Waals surface area (Å²) < 4.78 is 26.4. The second-order valence-electron chi connectivity index (χ2n) is 6.29. The molecule has 0 amide bonds. The number of fused-ring (bicyclic) bond motifs is 1. The molecule has 0 unspecified atom stereocenters. The van der Waals surface area contributed by atoms with Gasteiger partial charge in [0.2, 0.25) is 16.0 Å². The Balaban J connectivity index is 1.86. The van der Waals surface area contributed by atoms with Gasteiger partial charge < -0.3 is 4.90 Å². The van der Waals surface area contributed by atoms with Crippen molar-refractivity contribution >= 4 is 26.9 Å². The van der Waals surface area contributed by atoms with Crippen molar-refractivity contribution in [1.82, 2.24) is 13.9 Å². The van der Waals surface area contributed by atoms with Gasteiger partial charge in [-0.15, -0.1) is 0 Å². The third kappa shape index (κ3) is 3.03. The molecule has 8 heteroatoms. The summed E-state index contributed by atoms with van der Waals surface area (Å²) in [6, 6.07) is 7.31. The first kappa shape index (κ1) is 16.9. The first-order chi connectivity index (χ1) is 11.3. The van der Waals surface area contributed by atoms with E-state index < -0.39 is 10.0 Å². The Bertz CT molecular complexity index is 915. The molecule has 1 aromatic carbocycles. The van der Waals surface area contributed by atoms with E-state index in [-0.39, 0.29) is 11.6 Å². The van der Waals surface area contributed by atoms with Gasteiger partial charge in [0.25, 0.3) is 5.56 Å². The van der Waals surface area contributed by atoms with Crippen LogP contribution in [0.2, 0.25) is 0 Å². The first-order valence-corrected chi connectivity index (χ1v) is 9.77. The van der Waals surface area contributed by atoms with Crippen LogP contribution in [0, 0.1) is 0 Å². The number of para-hydroxylation sites is 1. The molecule has 130 valence electrons. The SMILES string of the molecule is CN(C1CCN(c2nc3ccccc3c(=O)n2C)CC1)S(C)(=O)=O. The van der Waals surface area contributed by atoms with Crippen molar-refractivity contribution in [3.8, 4) is 0 Å². The van der Waals surface area contributed by atoms with Crippen molar-refractivity contribution in [1.29, 1.82) is 0 Å². The highest BCUT2D eigenvalue weighted by Gasteiger charge is 2.28. The topological polar surface area (TPSA) is 75.5 Å². The number of nitrogens with zero attached hydrogens (tertiary/aromatic N) is 4. The Labute approximate surface area is 141 Å². The summed E-state index contributed by atoms with van der Waals surface area (Å²) in [6.07, 6.45) is 2.66. The predicted molar refractivity (Wildman–Crippen MR) is 94.8 cm³/mol. The zero-order valence-corrected chi connectivity index (χ0v) is 15.0. The Morgan fingerprint density at radius 1 is 1.21 bits per heavy atom. The van der Waals surface area contributed by atoms with Crippen LogP contribution in [0.3, 0.4) is 0 Å². The van der Waals surface area contributed by atoms with Gasteiger partial charge in [0.15, 0.2) is 0 Å². The summed E-state index contributed by atoms with van der Waals surface area (Å²) in [4.78, 5) is 19.2. The van der Waals surface area contributed by atoms with Crippen LogP contribution in [-0.2, 0) is 17.1 Å². The minimum absolute atomic E-state index is 0.00580. The van der Waals surface area contributed by atoms with Crippen LogP contribution in [0.5, 0.6) is 0 Å². The van der Waals surface area contributed by atoms with E-state index in [0.717, 1.165) is 0 Å². The molecule has 0 radical (unpaired) electrons. The van der Waals surface area contributed by atoms with Gasteiger partial charge in [-0.3, -0.25) is 9.36 Å². The second kappa shape index (κ2) is 6.18. The van der Waals surface area contributed by atoms with Gasteiger partial charge in [0.05, 0.1) is 17.2 Å². The largest absolute Gasteiger partial charge is 0.342 e. The second-order valence-corrected chi connectivity index (χ2v) is 8.33. The summed E-state index contributed by atoms with van der Waals surface area (Å²) in [5, 5.41) is 0.607. The maximum absolute atomic E-state index is 12.5. The highest BCUT2D eigenvalue weighted by atomic mass is 32.2. The molecule has 1 aliphatic rings. The summed E-state index contributed by atoms with van der Waals surface area (Å²) in [7, 11) is 0.168. The number of aromatic nitrogens is 2. The van der Waals surface area contributed by atoms with Crippen molar-refractivity contribution in [2.45, 2.75) is 18.9 Å². The molecule has 0 N–H and O–H groups in total. The van der Waals surface area contributed by atoms with E-state index in [1.807, 2.05) is 18.2 Å². The monoisotopic (exact) mass is 350 g/mol. The van der Waals surface area contributed by atoms with Gasteiger partial charge >= 0.3 is 0 Å². The number of rotatable bonds is 3. The van der Waals surface area contributed by atoms with Crippen molar-refractivity contribution in [2.75, 3.05) is 31.3 Å². The Morgan fingerprint density at radius 3 is 2.46 bits per heavy atom. The summed E-state index contributed by atoms with van der Waals surface area (Å²) in [5.41, 5.74) is 0.622. The third-order valence-electron chi connectivity index (χ3n) is 4.74.